The second kappa shape index (κ2) is 4.28. The topological polar surface area (TPSA) is 62.6 Å². The maximum Gasteiger partial charge on any atom is 0.321 e. The number of nitrogens with one attached hydrogen (secondary N) is 1. The lowest BCUT2D eigenvalue weighted by atomic mass is 10.0. The Bertz CT molecular complexity index is 647. The Kier molecular flexibility index (Phi) is 2.59. The number of hydrogen-bond donors (Lipinski definition) is 1. The summed E-state index contributed by atoms with van der Waals surface area (Å²) in [6.07, 6.45) is 2.90. The van der Waals surface area contributed by atoms with Gasteiger partial charge in [-0.3, -0.25) is 4.79 Å². The molecule has 96 valence electrons. The number of rotatable bonds is 2. The van der Waals surface area contributed by atoms with Crippen LogP contribution >= 0.6 is 0 Å². The third-order valence-corrected chi connectivity index (χ3v) is 3.15. The molecular weight excluding hydrogens is 244 g/mol. The number of anilines is 1. The van der Waals surface area contributed by atoms with Gasteiger partial charge in [0.15, 0.2) is 5.78 Å². The first-order valence-corrected chi connectivity index (χ1v) is 5.87. The molecule has 0 bridgehead atoms. The van der Waals surface area contributed by atoms with Crippen LogP contribution in [0.5, 0.6) is 0 Å². The van der Waals surface area contributed by atoms with Crippen LogP contribution in [0.25, 0.3) is 0 Å². The molecule has 0 aliphatic carbocycles. The molecule has 0 saturated carbocycles. The van der Waals surface area contributed by atoms with Gasteiger partial charge in [-0.15, -0.1) is 0 Å². The molecule has 5 heteroatoms. The van der Waals surface area contributed by atoms with Crippen molar-refractivity contribution in [3.63, 3.8) is 0 Å². The number of urea groups is 1. The molecule has 2 amide bonds. The zero-order valence-electron chi connectivity index (χ0n) is 10.3. The molecule has 0 saturated heterocycles. The molecule has 2 heterocycles. The van der Waals surface area contributed by atoms with Gasteiger partial charge >= 0.3 is 6.03 Å². The first-order valence-electron chi connectivity index (χ1n) is 5.87. The smallest absolute Gasteiger partial charge is 0.321 e. The van der Waals surface area contributed by atoms with E-state index in [-0.39, 0.29) is 11.8 Å². The fourth-order valence-electron chi connectivity index (χ4n) is 2.09. The number of amides is 2. The molecule has 5 nitrogen and oxygen atoms in total. The summed E-state index contributed by atoms with van der Waals surface area (Å²) in [6, 6.07) is 6.77. The van der Waals surface area contributed by atoms with Crippen molar-refractivity contribution in [2.24, 2.45) is 0 Å². The fraction of sp³-hybridized carbons (Fsp3) is 0.143. The van der Waals surface area contributed by atoms with E-state index in [1.54, 1.807) is 36.2 Å². The predicted octanol–water partition coefficient (Wildman–Crippen LogP) is 2.49. The van der Waals surface area contributed by atoms with Crippen molar-refractivity contribution in [1.82, 2.24) is 4.90 Å². The summed E-state index contributed by atoms with van der Waals surface area (Å²) >= 11 is 0. The maximum absolute atomic E-state index is 12.2. The Labute approximate surface area is 109 Å². The number of furan rings is 1. The Morgan fingerprint density at radius 2 is 2.16 bits per heavy atom. The van der Waals surface area contributed by atoms with Crippen molar-refractivity contribution in [3.8, 4) is 0 Å². The minimum absolute atomic E-state index is 0.0869. The molecule has 2 aromatic rings. The van der Waals surface area contributed by atoms with Crippen molar-refractivity contribution >= 4 is 17.5 Å². The van der Waals surface area contributed by atoms with Gasteiger partial charge in [0.25, 0.3) is 0 Å². The van der Waals surface area contributed by atoms with Gasteiger partial charge in [-0.25, -0.2) is 4.79 Å². The highest BCUT2D eigenvalue weighted by Gasteiger charge is 2.20. The zero-order chi connectivity index (χ0) is 13.4. The first-order chi connectivity index (χ1) is 9.15. The highest BCUT2D eigenvalue weighted by atomic mass is 16.3. The lowest BCUT2D eigenvalue weighted by Crippen LogP contribution is -2.35. The number of fused-ring (bicyclic) bond motifs is 1. The van der Waals surface area contributed by atoms with Crippen LogP contribution in [0.4, 0.5) is 10.5 Å². The van der Waals surface area contributed by atoms with E-state index in [0.717, 1.165) is 11.3 Å². The maximum atomic E-state index is 12.2. The van der Waals surface area contributed by atoms with Gasteiger partial charge in [0, 0.05) is 24.8 Å². The third kappa shape index (κ3) is 1.99. The summed E-state index contributed by atoms with van der Waals surface area (Å²) < 4.78 is 4.91. The number of benzene rings is 1. The van der Waals surface area contributed by atoms with Crippen molar-refractivity contribution in [2.45, 2.75) is 6.54 Å². The summed E-state index contributed by atoms with van der Waals surface area (Å²) in [5.74, 6) is -0.0869. The molecule has 19 heavy (non-hydrogen) atoms. The average molecular weight is 256 g/mol. The molecule has 1 aliphatic heterocycles. The third-order valence-electron chi connectivity index (χ3n) is 3.15. The standard InChI is InChI=1S/C14H12N2O3/c1-16-7-11-6-9(2-3-12(11)15-14(16)18)13(17)10-4-5-19-8-10/h2-6,8H,7H2,1H3,(H,15,18). The van der Waals surface area contributed by atoms with Gasteiger partial charge in [-0.2, -0.15) is 0 Å². The normalized spacial score (nSPS) is 13.9. The molecule has 1 aliphatic rings. The number of nitrogens with zero attached hydrogens (tertiary/aromatic N) is 1. The quantitative estimate of drug-likeness (QED) is 0.839. The minimum atomic E-state index is -0.138. The van der Waals surface area contributed by atoms with E-state index in [9.17, 15) is 9.59 Å². The number of hydrogen-bond acceptors (Lipinski definition) is 3. The van der Waals surface area contributed by atoms with Crippen LogP contribution in [0.3, 0.4) is 0 Å². The van der Waals surface area contributed by atoms with Crippen LogP contribution in [0.1, 0.15) is 21.5 Å². The molecule has 1 aromatic heterocycles. The summed E-state index contributed by atoms with van der Waals surface area (Å²) in [5, 5.41) is 2.77. The number of carbonyl (C=O) groups excluding carboxylic acids is 2. The van der Waals surface area contributed by atoms with E-state index < -0.39 is 0 Å². The van der Waals surface area contributed by atoms with Crippen LogP contribution in [-0.2, 0) is 6.54 Å². The first kappa shape index (κ1) is 11.5. The summed E-state index contributed by atoms with van der Waals surface area (Å²) in [5.41, 5.74) is 2.79. The van der Waals surface area contributed by atoms with Gasteiger partial charge < -0.3 is 14.6 Å². The lowest BCUT2D eigenvalue weighted by Gasteiger charge is -2.26. The highest BCUT2D eigenvalue weighted by molar-refractivity contribution is 6.09. The molecule has 0 fully saturated rings. The Balaban J connectivity index is 1.96. The second-order valence-electron chi connectivity index (χ2n) is 4.50. The van der Waals surface area contributed by atoms with Crippen LogP contribution < -0.4 is 5.32 Å². The average Bonchev–Trinajstić information content (AvgIpc) is 2.93. The Morgan fingerprint density at radius 3 is 2.89 bits per heavy atom. The van der Waals surface area contributed by atoms with Crippen LogP contribution in [0, 0.1) is 0 Å². The highest BCUT2D eigenvalue weighted by Crippen LogP contribution is 2.24. The molecule has 1 aromatic carbocycles. The fourth-order valence-corrected chi connectivity index (χ4v) is 2.09. The monoisotopic (exact) mass is 256 g/mol. The molecule has 0 spiro atoms. The number of ketones is 1. The molecule has 0 unspecified atom stereocenters. The van der Waals surface area contributed by atoms with Gasteiger partial charge in [0.2, 0.25) is 0 Å². The van der Waals surface area contributed by atoms with Crippen LogP contribution in [0.2, 0.25) is 0 Å². The summed E-state index contributed by atoms with van der Waals surface area (Å²) in [6.45, 7) is 0.494. The van der Waals surface area contributed by atoms with Crippen LogP contribution in [0.15, 0.2) is 41.2 Å². The van der Waals surface area contributed by atoms with Crippen LogP contribution in [-0.4, -0.2) is 23.8 Å². The number of carbonyl (C=O) groups is 2. The van der Waals surface area contributed by atoms with E-state index in [1.807, 2.05) is 0 Å². The van der Waals surface area contributed by atoms with Crippen molar-refractivity contribution in [3.05, 3.63) is 53.5 Å². The van der Waals surface area contributed by atoms with E-state index >= 15 is 0 Å². The van der Waals surface area contributed by atoms with E-state index in [0.29, 0.717) is 17.7 Å². The van der Waals surface area contributed by atoms with Crippen molar-refractivity contribution in [2.75, 3.05) is 12.4 Å². The van der Waals surface area contributed by atoms with E-state index in [4.69, 9.17) is 4.42 Å². The van der Waals surface area contributed by atoms with Crippen molar-refractivity contribution in [1.29, 1.82) is 0 Å². The summed E-state index contributed by atoms with van der Waals surface area (Å²) in [4.78, 5) is 25.2. The predicted molar refractivity (Wildman–Crippen MR) is 69.1 cm³/mol. The van der Waals surface area contributed by atoms with E-state index in [2.05, 4.69) is 5.32 Å². The molecule has 0 radical (unpaired) electrons. The van der Waals surface area contributed by atoms with Gasteiger partial charge in [0.1, 0.15) is 6.26 Å². The molecule has 0 atom stereocenters. The Hall–Kier alpha value is -2.56. The van der Waals surface area contributed by atoms with Crippen molar-refractivity contribution < 1.29 is 14.0 Å². The Morgan fingerprint density at radius 1 is 1.32 bits per heavy atom. The molecule has 3 rings (SSSR count). The summed E-state index contributed by atoms with van der Waals surface area (Å²) in [7, 11) is 1.71. The van der Waals surface area contributed by atoms with E-state index in [1.165, 1.54) is 12.5 Å². The zero-order valence-corrected chi connectivity index (χ0v) is 10.3. The SMILES string of the molecule is CN1Cc2cc(C(=O)c3ccoc3)ccc2NC1=O. The van der Waals surface area contributed by atoms with Gasteiger partial charge in [-0.1, -0.05) is 0 Å². The molecule has 1 N–H and O–H groups in total. The van der Waals surface area contributed by atoms with Gasteiger partial charge in [-0.05, 0) is 29.8 Å². The largest absolute Gasteiger partial charge is 0.472 e. The minimum Gasteiger partial charge on any atom is -0.472 e. The second-order valence-corrected chi connectivity index (χ2v) is 4.50. The lowest BCUT2D eigenvalue weighted by molar-refractivity contribution is 0.103. The van der Waals surface area contributed by atoms with Gasteiger partial charge in [0.05, 0.1) is 11.8 Å². The molecular formula is C14H12N2O3.